The van der Waals surface area contributed by atoms with Crippen LogP contribution in [0.15, 0.2) is 83.8 Å². The van der Waals surface area contributed by atoms with E-state index in [9.17, 15) is 14.9 Å². The lowest BCUT2D eigenvalue weighted by molar-refractivity contribution is -0.385. The Hall–Kier alpha value is -3.12. The van der Waals surface area contributed by atoms with Gasteiger partial charge in [0.2, 0.25) is 0 Å². The Balaban J connectivity index is 1.73. The quantitative estimate of drug-likeness (QED) is 0.460. The van der Waals surface area contributed by atoms with Crippen LogP contribution in [-0.2, 0) is 6.54 Å². The van der Waals surface area contributed by atoms with Crippen LogP contribution in [-0.4, -0.2) is 22.3 Å². The largest absolute Gasteiger partial charge is 0.333 e. The summed E-state index contributed by atoms with van der Waals surface area (Å²) in [6.45, 7) is 0.683. The average molecular weight is 390 g/mol. The lowest BCUT2D eigenvalue weighted by Gasteiger charge is -2.24. The Labute approximate surface area is 167 Å². The highest BCUT2D eigenvalue weighted by atomic mass is 32.2. The Kier molecular flexibility index (Phi) is 5.12. The zero-order chi connectivity index (χ0) is 19.5. The highest BCUT2D eigenvalue weighted by Gasteiger charge is 2.30. The average Bonchev–Trinajstić information content (AvgIpc) is 2.86. The van der Waals surface area contributed by atoms with Gasteiger partial charge in [0.15, 0.2) is 0 Å². The summed E-state index contributed by atoms with van der Waals surface area (Å²) in [6, 6.07) is 24.2. The standard InChI is InChI=1S/C22H18N2O3S/c25-22-18-11-5-7-13-20(18)28-21(16-8-2-1-3-9-16)15-23(22)14-17-10-4-6-12-19(17)24(26)27/h1-13,21H,14-15H2. The van der Waals surface area contributed by atoms with Crippen LogP contribution in [0, 0.1) is 10.1 Å². The van der Waals surface area contributed by atoms with Gasteiger partial charge in [-0.3, -0.25) is 14.9 Å². The van der Waals surface area contributed by atoms with Crippen LogP contribution in [0.25, 0.3) is 0 Å². The number of hydrogen-bond donors (Lipinski definition) is 0. The van der Waals surface area contributed by atoms with Gasteiger partial charge in [-0.1, -0.05) is 60.7 Å². The molecule has 1 atom stereocenters. The van der Waals surface area contributed by atoms with Crippen molar-refractivity contribution in [3.63, 3.8) is 0 Å². The highest BCUT2D eigenvalue weighted by Crippen LogP contribution is 2.41. The maximum Gasteiger partial charge on any atom is 0.274 e. The predicted octanol–water partition coefficient (Wildman–Crippen LogP) is 5.08. The molecular formula is C22H18N2O3S. The molecule has 3 aromatic carbocycles. The second kappa shape index (κ2) is 7.86. The number of fused-ring (bicyclic) bond motifs is 1. The molecule has 0 bridgehead atoms. The van der Waals surface area contributed by atoms with Gasteiger partial charge in [0, 0.05) is 23.1 Å². The maximum atomic E-state index is 13.2. The monoisotopic (exact) mass is 390 g/mol. The number of amides is 1. The third kappa shape index (κ3) is 3.64. The van der Waals surface area contributed by atoms with E-state index < -0.39 is 4.92 Å². The minimum absolute atomic E-state index is 0.0387. The second-order valence-corrected chi connectivity index (χ2v) is 7.83. The van der Waals surface area contributed by atoms with E-state index in [0.29, 0.717) is 17.7 Å². The number of nitro benzene ring substituents is 1. The number of carbonyl (C=O) groups is 1. The fraction of sp³-hybridized carbons (Fsp3) is 0.136. The third-order valence-electron chi connectivity index (χ3n) is 4.78. The molecule has 5 nitrogen and oxygen atoms in total. The molecule has 0 aliphatic carbocycles. The van der Waals surface area contributed by atoms with E-state index in [1.165, 1.54) is 6.07 Å². The van der Waals surface area contributed by atoms with E-state index in [1.54, 1.807) is 34.9 Å². The highest BCUT2D eigenvalue weighted by molar-refractivity contribution is 7.99. The molecule has 4 rings (SSSR count). The zero-order valence-corrected chi connectivity index (χ0v) is 15.8. The summed E-state index contributed by atoms with van der Waals surface area (Å²) in [6.07, 6.45) is 0. The number of nitro groups is 1. The van der Waals surface area contributed by atoms with Crippen molar-refractivity contribution in [1.29, 1.82) is 0 Å². The normalized spacial score (nSPS) is 16.4. The van der Waals surface area contributed by atoms with Crippen LogP contribution >= 0.6 is 11.8 Å². The van der Waals surface area contributed by atoms with Crippen molar-refractivity contribution in [3.8, 4) is 0 Å². The van der Waals surface area contributed by atoms with E-state index in [4.69, 9.17) is 0 Å². The number of nitrogens with zero attached hydrogens (tertiary/aromatic N) is 2. The first-order valence-electron chi connectivity index (χ1n) is 8.95. The Morgan fingerprint density at radius 2 is 1.64 bits per heavy atom. The van der Waals surface area contributed by atoms with Crippen LogP contribution in [0.3, 0.4) is 0 Å². The summed E-state index contributed by atoms with van der Waals surface area (Å²) in [5, 5.41) is 11.4. The first-order valence-corrected chi connectivity index (χ1v) is 9.83. The number of hydrogen-bond acceptors (Lipinski definition) is 4. The molecule has 140 valence electrons. The molecule has 28 heavy (non-hydrogen) atoms. The summed E-state index contributed by atoms with van der Waals surface area (Å²) in [4.78, 5) is 26.9. The van der Waals surface area contributed by atoms with Crippen molar-refractivity contribution in [2.24, 2.45) is 0 Å². The molecule has 1 aliphatic heterocycles. The Morgan fingerprint density at radius 1 is 0.964 bits per heavy atom. The van der Waals surface area contributed by atoms with Crippen LogP contribution in [0.5, 0.6) is 0 Å². The van der Waals surface area contributed by atoms with Crippen LogP contribution in [0.2, 0.25) is 0 Å². The summed E-state index contributed by atoms with van der Waals surface area (Å²) < 4.78 is 0. The summed E-state index contributed by atoms with van der Waals surface area (Å²) in [5.41, 5.74) is 2.35. The smallest absolute Gasteiger partial charge is 0.274 e. The van der Waals surface area contributed by atoms with Crippen molar-refractivity contribution in [2.75, 3.05) is 6.54 Å². The topological polar surface area (TPSA) is 63.5 Å². The van der Waals surface area contributed by atoms with E-state index >= 15 is 0 Å². The molecule has 0 fully saturated rings. The first-order chi connectivity index (χ1) is 13.6. The first kappa shape index (κ1) is 18.3. The molecule has 0 radical (unpaired) electrons. The van der Waals surface area contributed by atoms with Gasteiger partial charge in [0.1, 0.15) is 0 Å². The lowest BCUT2D eigenvalue weighted by atomic mass is 10.1. The van der Waals surface area contributed by atoms with Crippen molar-refractivity contribution < 1.29 is 9.72 Å². The predicted molar refractivity (Wildman–Crippen MR) is 109 cm³/mol. The molecule has 6 heteroatoms. The molecule has 0 saturated heterocycles. The van der Waals surface area contributed by atoms with Crippen LogP contribution < -0.4 is 0 Å². The Morgan fingerprint density at radius 3 is 2.43 bits per heavy atom. The number of thioether (sulfide) groups is 1. The van der Waals surface area contributed by atoms with Gasteiger partial charge in [-0.05, 0) is 17.7 Å². The van der Waals surface area contributed by atoms with Crippen LogP contribution in [0.4, 0.5) is 5.69 Å². The van der Waals surface area contributed by atoms with Crippen LogP contribution in [0.1, 0.15) is 26.7 Å². The van der Waals surface area contributed by atoms with Crippen molar-refractivity contribution in [3.05, 3.63) is 106 Å². The fourth-order valence-electron chi connectivity index (χ4n) is 3.40. The van der Waals surface area contributed by atoms with Gasteiger partial charge in [-0.2, -0.15) is 0 Å². The number of rotatable bonds is 4. The van der Waals surface area contributed by atoms with Crippen molar-refractivity contribution in [1.82, 2.24) is 4.90 Å². The molecule has 0 aromatic heterocycles. The van der Waals surface area contributed by atoms with E-state index in [2.05, 4.69) is 12.1 Å². The van der Waals surface area contributed by atoms with Gasteiger partial charge in [-0.15, -0.1) is 11.8 Å². The minimum Gasteiger partial charge on any atom is -0.333 e. The second-order valence-electron chi connectivity index (χ2n) is 6.58. The third-order valence-corrected chi connectivity index (χ3v) is 6.10. The van der Waals surface area contributed by atoms with E-state index in [1.807, 2.05) is 42.5 Å². The van der Waals surface area contributed by atoms with E-state index in [0.717, 1.165) is 10.5 Å². The lowest BCUT2D eigenvalue weighted by Crippen LogP contribution is -2.32. The maximum absolute atomic E-state index is 13.2. The molecule has 3 aromatic rings. The van der Waals surface area contributed by atoms with Gasteiger partial charge < -0.3 is 4.90 Å². The zero-order valence-electron chi connectivity index (χ0n) is 15.0. The molecule has 1 unspecified atom stereocenters. The molecule has 1 aliphatic rings. The SMILES string of the molecule is O=C1c2ccccc2SC(c2ccccc2)CN1Cc1ccccc1[N+](=O)[O-]. The van der Waals surface area contributed by atoms with Gasteiger partial charge in [0.05, 0.1) is 22.3 Å². The fourth-order valence-corrected chi connectivity index (χ4v) is 4.69. The van der Waals surface area contributed by atoms with E-state index in [-0.39, 0.29) is 23.4 Å². The molecule has 0 saturated carbocycles. The molecule has 1 amide bonds. The van der Waals surface area contributed by atoms with Crippen molar-refractivity contribution in [2.45, 2.75) is 16.7 Å². The molecular weight excluding hydrogens is 372 g/mol. The number of para-hydroxylation sites is 1. The van der Waals surface area contributed by atoms with Gasteiger partial charge in [-0.25, -0.2) is 0 Å². The molecule has 0 spiro atoms. The number of benzene rings is 3. The van der Waals surface area contributed by atoms with Gasteiger partial charge in [0.25, 0.3) is 11.6 Å². The molecule has 1 heterocycles. The molecule has 0 N–H and O–H groups in total. The van der Waals surface area contributed by atoms with Crippen molar-refractivity contribution >= 4 is 23.4 Å². The summed E-state index contributed by atoms with van der Waals surface area (Å²) in [7, 11) is 0. The van der Waals surface area contributed by atoms with Gasteiger partial charge >= 0.3 is 0 Å². The number of carbonyl (C=O) groups excluding carboxylic acids is 1. The Bertz CT molecular complexity index is 1020. The summed E-state index contributed by atoms with van der Waals surface area (Å²) >= 11 is 1.66. The minimum atomic E-state index is -0.394. The summed E-state index contributed by atoms with van der Waals surface area (Å²) in [5.74, 6) is -0.0975.